The first-order valence-electron chi connectivity index (χ1n) is 24.8. The van der Waals surface area contributed by atoms with Gasteiger partial charge in [0.1, 0.15) is 23.0 Å². The van der Waals surface area contributed by atoms with E-state index in [0.717, 1.165) is 108 Å². The van der Waals surface area contributed by atoms with Crippen LogP contribution in [0, 0.1) is 41.5 Å². The summed E-state index contributed by atoms with van der Waals surface area (Å²) in [5, 5.41) is 0. The summed E-state index contributed by atoms with van der Waals surface area (Å²) in [6.45, 7) is 9.84. The molecule has 0 N–H and O–H groups in total. The number of aryl methyl sites for hydroxylation is 6. The van der Waals surface area contributed by atoms with E-state index in [2.05, 4.69) is 0 Å². The maximum Gasteiger partial charge on any atom is 0.411 e. The quantitative estimate of drug-likeness (QED) is 0.127. The van der Waals surface area contributed by atoms with Crippen LogP contribution in [-0.2, 0) is 16.2 Å². The summed E-state index contributed by atoms with van der Waals surface area (Å²) in [6.07, 6.45) is -33.5. The second-order valence-electron chi connectivity index (χ2n) is 19.6. The van der Waals surface area contributed by atoms with Crippen LogP contribution in [0.5, 0.6) is 23.0 Å². The van der Waals surface area contributed by atoms with Crippen LogP contribution in [-0.4, -0.2) is 37.1 Å². The molecule has 8 rings (SSSR count). The third kappa shape index (κ3) is 13.3. The van der Waals surface area contributed by atoms with E-state index in [-0.39, 0.29) is 11.5 Å². The van der Waals surface area contributed by atoms with Gasteiger partial charge < -0.3 is 9.47 Å². The fraction of sp³-hybridized carbons (Fsp3) is 0.238. The molecule has 0 amide bonds. The predicted octanol–water partition coefficient (Wildman–Crippen LogP) is 20.7. The van der Waals surface area contributed by atoms with Crippen LogP contribution >= 0.6 is 0 Å². The Hall–Kier alpha value is -7.90. The van der Waals surface area contributed by atoms with E-state index in [1.165, 1.54) is 62.4 Å². The summed E-state index contributed by atoms with van der Waals surface area (Å²) >= 11 is 0. The molecule has 0 radical (unpaired) electrons. The summed E-state index contributed by atoms with van der Waals surface area (Å²) in [6, 6.07) is 38.7. The summed E-state index contributed by atoms with van der Waals surface area (Å²) in [5.41, 5.74) is -13.9. The van der Waals surface area contributed by atoms with Crippen molar-refractivity contribution in [3.05, 3.63) is 261 Å². The topological polar surface area (TPSA) is 18.5 Å². The molecule has 0 aliphatic carbocycles. The molecule has 8 aromatic carbocycles. The number of benzene rings is 8. The molecule has 20 heteroatoms. The van der Waals surface area contributed by atoms with Crippen LogP contribution < -0.4 is 9.47 Å². The molecule has 0 saturated heterocycles. The molecule has 0 saturated carbocycles. The van der Waals surface area contributed by atoms with Gasteiger partial charge in [0, 0.05) is 0 Å². The molecule has 0 unspecified atom stereocenters. The Kier molecular flexibility index (Phi) is 18.7. The molecular weight excluding hydrogens is 1130 g/mol. The number of rotatable bonds is 10. The van der Waals surface area contributed by atoms with Gasteiger partial charge in [0.2, 0.25) is 16.2 Å². The maximum absolute atomic E-state index is 14.4. The van der Waals surface area contributed by atoms with Crippen LogP contribution in [0.25, 0.3) is 0 Å². The molecule has 0 fully saturated rings. The largest absolute Gasteiger partial charge is 0.457 e. The lowest BCUT2D eigenvalue weighted by molar-refractivity contribution is -0.290. The molecule has 0 heterocycles. The zero-order chi connectivity index (χ0) is 61.8. The Balaban J connectivity index is 0.000000210. The van der Waals surface area contributed by atoms with Crippen molar-refractivity contribution in [2.45, 2.75) is 94.8 Å². The highest BCUT2D eigenvalue weighted by Gasteiger charge is 2.74. The lowest BCUT2D eigenvalue weighted by atomic mass is 9.72. The molecule has 440 valence electrons. The van der Waals surface area contributed by atoms with Gasteiger partial charge in [-0.15, -0.1) is 0 Å². The van der Waals surface area contributed by atoms with Crippen LogP contribution in [0.2, 0.25) is 0 Å². The molecule has 0 aliphatic heterocycles. The van der Waals surface area contributed by atoms with Gasteiger partial charge in [-0.25, -0.2) is 0 Å². The fourth-order valence-corrected chi connectivity index (χ4v) is 9.34. The van der Waals surface area contributed by atoms with Crippen LogP contribution in [0.1, 0.15) is 66.8 Å². The van der Waals surface area contributed by atoms with Crippen molar-refractivity contribution in [3.63, 3.8) is 0 Å². The SMILES string of the molecule is Cc1ccc(C(c2ccc(C)cc2)(C(F)(F)F)C(F)(F)F)cc1.Cc1ccc(Oc2ccc(C(c3ccc(Oc4ccc(C)cc4)cc3)(C(F)(F)F)C(F)(F)F)cc2)cc1.Cc1cccc(C(c2cccc(C)c2)(C(F)(F)F)C(F)(F)F)c1. The normalized spacial score (nSPS) is 12.8. The molecule has 0 atom stereocenters. The highest BCUT2D eigenvalue weighted by Crippen LogP contribution is 2.59. The Morgan fingerprint density at radius 2 is 0.386 bits per heavy atom. The zero-order valence-corrected chi connectivity index (χ0v) is 44.6. The first-order chi connectivity index (χ1) is 38.4. The van der Waals surface area contributed by atoms with Crippen molar-refractivity contribution in [2.75, 3.05) is 0 Å². The van der Waals surface area contributed by atoms with E-state index in [1.807, 2.05) is 13.8 Å². The van der Waals surface area contributed by atoms with E-state index >= 15 is 0 Å². The molecule has 8 aromatic rings. The average molecular weight is 1180 g/mol. The van der Waals surface area contributed by atoms with Crippen molar-refractivity contribution in [3.8, 4) is 23.0 Å². The molecule has 0 aromatic heterocycles. The Morgan fingerprint density at radius 1 is 0.205 bits per heavy atom. The zero-order valence-electron chi connectivity index (χ0n) is 44.6. The van der Waals surface area contributed by atoms with E-state index in [4.69, 9.17) is 9.47 Å². The van der Waals surface area contributed by atoms with Crippen molar-refractivity contribution in [1.29, 1.82) is 0 Å². The maximum atomic E-state index is 14.4. The number of alkyl halides is 18. The Bertz CT molecular complexity index is 3160. The first-order valence-corrected chi connectivity index (χ1v) is 24.8. The minimum atomic E-state index is -5.69. The summed E-state index contributed by atoms with van der Waals surface area (Å²) in [5.74, 6) is 1.02. The number of halogens is 18. The van der Waals surface area contributed by atoms with Crippen LogP contribution in [0.4, 0.5) is 79.0 Å². The van der Waals surface area contributed by atoms with E-state index in [9.17, 15) is 79.0 Å². The number of hydrogen-bond acceptors (Lipinski definition) is 2. The summed E-state index contributed by atoms with van der Waals surface area (Å²) in [4.78, 5) is 0. The van der Waals surface area contributed by atoms with Gasteiger partial charge in [-0.05, 0) is 123 Å². The van der Waals surface area contributed by atoms with Gasteiger partial charge in [-0.1, -0.05) is 179 Å². The lowest BCUT2D eigenvalue weighted by Crippen LogP contribution is -2.54. The van der Waals surface area contributed by atoms with Gasteiger partial charge in [0.15, 0.2) is 0 Å². The predicted molar refractivity (Wildman–Crippen MR) is 279 cm³/mol. The molecular formula is C63H50F18O2. The van der Waals surface area contributed by atoms with Gasteiger partial charge in [0.25, 0.3) is 0 Å². The molecule has 2 nitrogen and oxygen atoms in total. The monoisotopic (exact) mass is 1180 g/mol. The van der Waals surface area contributed by atoms with Gasteiger partial charge in [0.05, 0.1) is 0 Å². The van der Waals surface area contributed by atoms with Crippen molar-refractivity contribution < 1.29 is 88.5 Å². The lowest BCUT2D eigenvalue weighted by Gasteiger charge is -2.38. The summed E-state index contributed by atoms with van der Waals surface area (Å²) < 4.78 is 263. The molecule has 0 aliphatic rings. The van der Waals surface area contributed by atoms with Crippen LogP contribution in [0.15, 0.2) is 194 Å². The first kappa shape index (κ1) is 64.3. The minimum Gasteiger partial charge on any atom is -0.457 e. The highest BCUT2D eigenvalue weighted by molar-refractivity contribution is 5.50. The molecule has 83 heavy (non-hydrogen) atoms. The van der Waals surface area contributed by atoms with Crippen LogP contribution in [0.3, 0.4) is 0 Å². The minimum absolute atomic E-state index is 0.104. The third-order valence-electron chi connectivity index (χ3n) is 13.5. The second kappa shape index (κ2) is 24.1. The number of ether oxygens (including phenoxy) is 2. The average Bonchev–Trinajstić information content (AvgIpc) is 3.57. The van der Waals surface area contributed by atoms with E-state index in [1.54, 1.807) is 62.4 Å². The third-order valence-corrected chi connectivity index (χ3v) is 13.5. The van der Waals surface area contributed by atoms with E-state index < -0.39 is 86.7 Å². The van der Waals surface area contributed by atoms with Gasteiger partial charge >= 0.3 is 37.1 Å². The standard InChI is InChI=1S/C29H22F6O2.2C17H14F6/c1-19-3-11-23(12-4-19)36-25-15-7-21(8-16-25)27(28(30,31)32,29(33,34)35)22-9-17-26(18-10-22)37-24-13-5-20(2)6-14-24;1-11-3-7-13(8-4-11)15(16(18,19)20,17(21,22)23)14-9-5-12(2)6-10-14;1-11-5-3-7-13(9-11)15(16(18,19)20,17(21,22)23)14-8-4-6-12(2)10-14/h3-18H,1-2H3;2*3-10H,1-2H3. The Labute approximate surface area is 466 Å². The van der Waals surface area contributed by atoms with Crippen molar-refractivity contribution in [1.82, 2.24) is 0 Å². The second-order valence-corrected chi connectivity index (χ2v) is 19.6. The van der Waals surface area contributed by atoms with Gasteiger partial charge in [-0.3, -0.25) is 0 Å². The Morgan fingerprint density at radius 3 is 0.590 bits per heavy atom. The van der Waals surface area contributed by atoms with Gasteiger partial charge in [-0.2, -0.15) is 79.0 Å². The highest BCUT2D eigenvalue weighted by atomic mass is 19.4. The number of hydrogen-bond donors (Lipinski definition) is 0. The van der Waals surface area contributed by atoms with Crippen molar-refractivity contribution >= 4 is 0 Å². The fourth-order valence-electron chi connectivity index (χ4n) is 9.34. The molecule has 0 bridgehead atoms. The molecule has 0 spiro atoms. The van der Waals surface area contributed by atoms with Crippen molar-refractivity contribution in [2.24, 2.45) is 0 Å². The van der Waals surface area contributed by atoms with E-state index in [0.29, 0.717) is 33.8 Å². The summed E-state index contributed by atoms with van der Waals surface area (Å²) in [7, 11) is 0. The smallest absolute Gasteiger partial charge is 0.411 e.